The summed E-state index contributed by atoms with van der Waals surface area (Å²) in [6.07, 6.45) is 7.76. The summed E-state index contributed by atoms with van der Waals surface area (Å²) in [6.45, 7) is 9.37. The van der Waals surface area contributed by atoms with Gasteiger partial charge in [-0.3, -0.25) is 14.6 Å². The van der Waals surface area contributed by atoms with Crippen LogP contribution >= 0.6 is 0 Å². The number of hydrogen-bond acceptors (Lipinski definition) is 20. The summed E-state index contributed by atoms with van der Waals surface area (Å²) >= 11 is 0. The lowest BCUT2D eigenvalue weighted by Gasteiger charge is -2.15. The molecule has 3 atom stereocenters. The predicted octanol–water partition coefficient (Wildman–Crippen LogP) is 9.85. The van der Waals surface area contributed by atoms with Gasteiger partial charge in [0.25, 0.3) is 6.23 Å². The van der Waals surface area contributed by atoms with Crippen molar-refractivity contribution in [3.8, 4) is 0 Å². The van der Waals surface area contributed by atoms with Crippen LogP contribution in [-0.2, 0) is 47.7 Å². The number of imidazole rings is 1. The minimum absolute atomic E-state index is 0.0347. The maximum absolute atomic E-state index is 12.1. The Morgan fingerprint density at radius 2 is 1.05 bits per heavy atom. The molecule has 0 saturated heterocycles. The highest BCUT2D eigenvalue weighted by Gasteiger charge is 2.27. The molecule has 0 aliphatic rings. The molecule has 426 valence electrons. The number of nitrogens with zero attached hydrogens (tertiary/aromatic N) is 5. The van der Waals surface area contributed by atoms with E-state index in [0.29, 0.717) is 47.4 Å². The first-order chi connectivity index (χ1) is 40.0. The van der Waals surface area contributed by atoms with E-state index >= 15 is 0 Å². The van der Waals surface area contributed by atoms with E-state index in [2.05, 4.69) is 39.7 Å². The van der Waals surface area contributed by atoms with Crippen molar-refractivity contribution < 1.29 is 60.9 Å². The lowest BCUT2D eigenvalue weighted by atomic mass is 10.0. The van der Waals surface area contributed by atoms with Gasteiger partial charge in [0.2, 0.25) is 0 Å². The van der Waals surface area contributed by atoms with Crippen molar-refractivity contribution in [2.24, 2.45) is 15.7 Å². The normalized spacial score (nSPS) is 11.1. The van der Waals surface area contributed by atoms with Crippen LogP contribution in [0.1, 0.15) is 80.5 Å². The molecule has 4 aromatic carbocycles. The maximum Gasteiger partial charge on any atom is 0.371 e. The molecular weight excluding hydrogens is 1050 g/mol. The number of aromatic amines is 1. The van der Waals surface area contributed by atoms with E-state index in [1.54, 1.807) is 64.5 Å². The number of H-pyrrole nitrogens is 1. The fraction of sp³-hybridized carbons (Fsp3) is 0.213. The molecule has 0 spiro atoms. The Balaban J connectivity index is 0.000000198. The molecule has 82 heavy (non-hydrogen) atoms. The number of furan rings is 3. The van der Waals surface area contributed by atoms with Crippen molar-refractivity contribution in [1.82, 2.24) is 19.9 Å². The Bertz CT molecular complexity index is 3200. The molecule has 21 heteroatoms. The number of rotatable bonds is 19. The third kappa shape index (κ3) is 20.8. The molecule has 0 saturated carbocycles. The number of carbonyl (C=O) groups excluding carboxylic acids is 5. The molecule has 5 heterocycles. The van der Waals surface area contributed by atoms with Crippen LogP contribution in [0.2, 0.25) is 0 Å². The monoisotopic (exact) mass is 1120 g/mol. The van der Waals surface area contributed by atoms with Gasteiger partial charge in [-0.1, -0.05) is 121 Å². The van der Waals surface area contributed by atoms with Crippen molar-refractivity contribution in [2.75, 3.05) is 38.3 Å². The number of aliphatic imine (C=N–C) groups is 2. The van der Waals surface area contributed by atoms with Crippen LogP contribution in [0.5, 0.6) is 0 Å². The topological polar surface area (TPSA) is 288 Å². The summed E-state index contributed by atoms with van der Waals surface area (Å²) in [5, 5.41) is 3.00. The van der Waals surface area contributed by atoms with Gasteiger partial charge in [-0.25, -0.2) is 34.3 Å². The second-order valence-corrected chi connectivity index (χ2v) is 16.3. The Labute approximate surface area is 473 Å². The van der Waals surface area contributed by atoms with E-state index in [1.807, 2.05) is 133 Å². The van der Waals surface area contributed by atoms with Crippen molar-refractivity contribution in [3.05, 3.63) is 229 Å². The Morgan fingerprint density at radius 3 is 1.51 bits per heavy atom. The number of anilines is 1. The van der Waals surface area contributed by atoms with Crippen molar-refractivity contribution in [2.45, 2.75) is 52.9 Å². The summed E-state index contributed by atoms with van der Waals surface area (Å²) in [7, 11) is 0. The number of hydrogen-bond donors (Lipinski definition) is 3. The van der Waals surface area contributed by atoms with E-state index in [-0.39, 0.29) is 25.7 Å². The highest BCUT2D eigenvalue weighted by Crippen LogP contribution is 2.24. The van der Waals surface area contributed by atoms with Gasteiger partial charge in [0.15, 0.2) is 23.5 Å². The van der Waals surface area contributed by atoms with Crippen molar-refractivity contribution in [3.63, 3.8) is 0 Å². The molecule has 9 aromatic rings. The van der Waals surface area contributed by atoms with Crippen LogP contribution in [0.3, 0.4) is 0 Å². The number of esters is 5. The van der Waals surface area contributed by atoms with Gasteiger partial charge in [-0.15, -0.1) is 0 Å². The van der Waals surface area contributed by atoms with Crippen molar-refractivity contribution >= 4 is 58.3 Å². The molecule has 9 rings (SSSR count). The number of carbonyl (C=O) groups is 5. The summed E-state index contributed by atoms with van der Waals surface area (Å²) in [4.78, 5) is 81.9. The first kappa shape index (κ1) is 62.6. The largest absolute Gasteiger partial charge is 0.473 e. The third-order valence-corrected chi connectivity index (χ3v) is 10.5. The minimum atomic E-state index is -1.34. The molecule has 4 N–H and O–H groups in total. The van der Waals surface area contributed by atoms with Crippen LogP contribution in [0.15, 0.2) is 219 Å². The van der Waals surface area contributed by atoms with Gasteiger partial charge in [0.1, 0.15) is 29.9 Å². The second kappa shape index (κ2) is 35.3. The number of fused-ring (bicyclic) bond motifs is 1. The van der Waals surface area contributed by atoms with E-state index in [9.17, 15) is 24.0 Å². The minimum Gasteiger partial charge on any atom is -0.473 e. The molecule has 3 unspecified atom stereocenters. The Hall–Kier alpha value is -10.3. The summed E-state index contributed by atoms with van der Waals surface area (Å²) in [5.74, 6) is -1.20. The first-order valence-corrected chi connectivity index (χ1v) is 25.8. The first-order valence-electron chi connectivity index (χ1n) is 25.8. The quantitative estimate of drug-likeness (QED) is 0.0385. The SMILES string of the molecule is CCOC(=O)C(N)c1ccco1.CCOC(=O)C(N=C(c1ccccc1)c1ccccc1)OC(C)=O.CCOC(=O)C(Nc1ncnc2nc[nH]c12)c1ccco1.CCOC(=O)CN=C(c1ccccc1)c1ccccc1.c1ccoc1. The van der Waals surface area contributed by atoms with Gasteiger partial charge >= 0.3 is 29.8 Å². The number of ether oxygens (including phenoxy) is 5. The van der Waals surface area contributed by atoms with Gasteiger partial charge in [-0.2, -0.15) is 0 Å². The maximum atomic E-state index is 12.1. The van der Waals surface area contributed by atoms with E-state index in [4.69, 9.17) is 38.3 Å². The molecular formula is C61H64N8O13. The van der Waals surface area contributed by atoms with E-state index < -0.39 is 42.2 Å². The smallest absolute Gasteiger partial charge is 0.371 e. The molecule has 21 nitrogen and oxygen atoms in total. The molecule has 0 radical (unpaired) electrons. The fourth-order valence-electron chi connectivity index (χ4n) is 7.00. The van der Waals surface area contributed by atoms with Gasteiger partial charge < -0.3 is 53.0 Å². The number of aromatic nitrogens is 4. The van der Waals surface area contributed by atoms with Gasteiger partial charge in [-0.05, 0) is 64.1 Å². The summed E-state index contributed by atoms with van der Waals surface area (Å²) < 4.78 is 39.5. The lowest BCUT2D eigenvalue weighted by molar-refractivity contribution is -0.165. The van der Waals surface area contributed by atoms with Gasteiger partial charge in [0, 0.05) is 29.2 Å². The van der Waals surface area contributed by atoms with Crippen LogP contribution < -0.4 is 11.1 Å². The van der Waals surface area contributed by atoms with Crippen LogP contribution in [0.25, 0.3) is 11.2 Å². The zero-order valence-corrected chi connectivity index (χ0v) is 45.9. The van der Waals surface area contributed by atoms with Crippen LogP contribution in [0.4, 0.5) is 5.82 Å². The summed E-state index contributed by atoms with van der Waals surface area (Å²) in [5.41, 5.74) is 11.6. The molecule has 0 bridgehead atoms. The van der Waals surface area contributed by atoms with Gasteiger partial charge in [0.05, 0.1) is 69.2 Å². The second-order valence-electron chi connectivity index (χ2n) is 16.3. The Kier molecular flexibility index (Phi) is 26.9. The highest BCUT2D eigenvalue weighted by atomic mass is 16.6. The average molecular weight is 1120 g/mol. The number of nitrogens with one attached hydrogen (secondary N) is 2. The zero-order valence-electron chi connectivity index (χ0n) is 45.9. The zero-order chi connectivity index (χ0) is 58.7. The average Bonchev–Trinajstić information content (AvgIpc) is 4.48. The van der Waals surface area contributed by atoms with Crippen LogP contribution in [0, 0.1) is 0 Å². The highest BCUT2D eigenvalue weighted by molar-refractivity contribution is 6.14. The third-order valence-electron chi connectivity index (χ3n) is 10.5. The molecule has 0 amide bonds. The van der Waals surface area contributed by atoms with Crippen LogP contribution in [-0.4, -0.2) is 100 Å². The number of benzene rings is 4. The fourth-order valence-corrected chi connectivity index (χ4v) is 7.00. The summed E-state index contributed by atoms with van der Waals surface area (Å²) in [6, 6.07) is 47.2. The molecule has 0 aliphatic carbocycles. The van der Waals surface area contributed by atoms with E-state index in [0.717, 1.165) is 28.0 Å². The molecule has 5 aromatic heterocycles. The molecule has 0 aliphatic heterocycles. The molecule has 0 fully saturated rings. The van der Waals surface area contributed by atoms with E-state index in [1.165, 1.54) is 32.1 Å². The lowest BCUT2D eigenvalue weighted by Crippen LogP contribution is -2.28. The number of nitrogens with two attached hydrogens (primary N) is 1. The Morgan fingerprint density at radius 1 is 0.561 bits per heavy atom. The standard InChI is InChI=1S/C19H19NO4.C17H17NO2.C13H13N5O3.C8H11NO3.C4H4O/c1-3-23-19(22)18(24-14(2)21)20-17(15-10-6-4-7-11-15)16-12-8-5-9-13-16;1-2-20-16(19)13-18-17(14-9-5-3-6-10-14)15-11-7-4-8-12-15;1-2-20-13(19)9(8-4-3-5-21-8)18-12-10-11(15-6-14-10)16-7-17-12;1-2-11-8(10)7(9)6-4-3-5-12-6;1-2-4-5-3-1/h4-13,18H,3H2,1-2H3;3-12H,2,13H2,1H3;3-7,9H,2H2,1H3,(H2,14,15,16,17,18);3-5,7H,2,9H2,1H3;1-4H. The predicted molar refractivity (Wildman–Crippen MR) is 305 cm³/mol. The van der Waals surface area contributed by atoms with Crippen molar-refractivity contribution in [1.29, 1.82) is 0 Å².